The van der Waals surface area contributed by atoms with Gasteiger partial charge in [-0.2, -0.15) is 4.31 Å². The Hall–Kier alpha value is -2.13. The highest BCUT2D eigenvalue weighted by atomic mass is 32.2. The van der Waals surface area contributed by atoms with E-state index in [1.165, 1.54) is 32.4 Å². The molecule has 0 radical (unpaired) electrons. The zero-order chi connectivity index (χ0) is 18.8. The third-order valence-corrected chi connectivity index (χ3v) is 6.43. The molecule has 1 aromatic rings. The average molecular weight is 371 g/mol. The normalized spacial score (nSPS) is 21.6. The number of methoxy groups -OCH3 is 2. The van der Waals surface area contributed by atoms with Crippen LogP contribution in [0.2, 0.25) is 0 Å². The Labute approximate surface area is 146 Å². The molecule has 0 amide bonds. The first kappa shape index (κ1) is 19.2. The van der Waals surface area contributed by atoms with E-state index in [4.69, 9.17) is 4.74 Å². The van der Waals surface area contributed by atoms with Gasteiger partial charge in [0.05, 0.1) is 25.7 Å². The average Bonchev–Trinajstić information content (AvgIpc) is 2.60. The van der Waals surface area contributed by atoms with Crippen LogP contribution in [0.1, 0.15) is 30.1 Å². The molecule has 1 N–H and O–H groups in total. The fourth-order valence-electron chi connectivity index (χ4n) is 3.03. The smallest absolute Gasteiger partial charge is 0.337 e. The van der Waals surface area contributed by atoms with Gasteiger partial charge in [0.15, 0.2) is 0 Å². The first-order chi connectivity index (χ1) is 11.7. The number of esters is 1. The molecule has 25 heavy (non-hydrogen) atoms. The molecular formula is C16H21NO7S. The Morgan fingerprint density at radius 1 is 1.28 bits per heavy atom. The molecule has 0 aromatic heterocycles. The third kappa shape index (κ3) is 3.62. The Balaban J connectivity index is 2.51. The molecule has 2 atom stereocenters. The topological polar surface area (TPSA) is 110 Å². The van der Waals surface area contributed by atoms with Gasteiger partial charge in [0.25, 0.3) is 0 Å². The van der Waals surface area contributed by atoms with E-state index in [1.807, 2.05) is 0 Å². The fraction of sp³-hybridized carbons (Fsp3) is 0.500. The second-order valence-electron chi connectivity index (χ2n) is 5.80. The van der Waals surface area contributed by atoms with Gasteiger partial charge >= 0.3 is 11.9 Å². The summed E-state index contributed by atoms with van der Waals surface area (Å²) in [6, 6.07) is 3.27. The van der Waals surface area contributed by atoms with Crippen LogP contribution < -0.4 is 4.74 Å². The van der Waals surface area contributed by atoms with Crippen molar-refractivity contribution in [2.75, 3.05) is 20.8 Å². The molecule has 1 heterocycles. The number of nitrogens with zero attached hydrogens (tertiary/aromatic N) is 1. The maximum absolute atomic E-state index is 13.1. The van der Waals surface area contributed by atoms with E-state index >= 15 is 0 Å². The lowest BCUT2D eigenvalue weighted by Gasteiger charge is -2.36. The van der Waals surface area contributed by atoms with Crippen LogP contribution in [-0.4, -0.2) is 56.6 Å². The molecule has 0 spiro atoms. The minimum Gasteiger partial charge on any atom is -0.495 e. The number of hydrogen-bond donors (Lipinski definition) is 1. The molecule has 0 saturated carbocycles. The van der Waals surface area contributed by atoms with E-state index in [-0.39, 0.29) is 22.8 Å². The number of carboxylic acids is 1. The summed E-state index contributed by atoms with van der Waals surface area (Å²) in [4.78, 5) is 22.9. The van der Waals surface area contributed by atoms with Crippen LogP contribution in [0.15, 0.2) is 23.1 Å². The molecule has 1 aromatic carbocycles. The molecule has 8 nitrogen and oxygen atoms in total. The van der Waals surface area contributed by atoms with Gasteiger partial charge in [-0.05, 0) is 38.0 Å². The van der Waals surface area contributed by atoms with Gasteiger partial charge in [-0.25, -0.2) is 13.2 Å². The molecule has 1 saturated heterocycles. The van der Waals surface area contributed by atoms with Gasteiger partial charge in [-0.3, -0.25) is 4.79 Å². The van der Waals surface area contributed by atoms with Gasteiger partial charge in [0, 0.05) is 12.6 Å². The molecule has 138 valence electrons. The van der Waals surface area contributed by atoms with E-state index in [9.17, 15) is 23.1 Å². The summed E-state index contributed by atoms with van der Waals surface area (Å²) in [7, 11) is -1.52. The molecule has 1 aliphatic heterocycles. The maximum atomic E-state index is 13.1. The molecular weight excluding hydrogens is 350 g/mol. The Morgan fingerprint density at radius 3 is 2.52 bits per heavy atom. The van der Waals surface area contributed by atoms with Crippen molar-refractivity contribution >= 4 is 22.0 Å². The number of carbonyl (C=O) groups excluding carboxylic acids is 1. The predicted molar refractivity (Wildman–Crippen MR) is 88.0 cm³/mol. The van der Waals surface area contributed by atoms with Crippen molar-refractivity contribution in [2.24, 2.45) is 5.92 Å². The highest BCUT2D eigenvalue weighted by molar-refractivity contribution is 7.89. The Morgan fingerprint density at radius 2 is 1.96 bits per heavy atom. The summed E-state index contributed by atoms with van der Waals surface area (Å²) in [5.41, 5.74) is 0.0707. The van der Waals surface area contributed by atoms with Crippen molar-refractivity contribution in [3.8, 4) is 5.75 Å². The summed E-state index contributed by atoms with van der Waals surface area (Å²) in [5.74, 6) is -2.40. The van der Waals surface area contributed by atoms with Crippen LogP contribution in [-0.2, 0) is 19.6 Å². The number of piperidine rings is 1. The first-order valence-electron chi connectivity index (χ1n) is 7.75. The number of carbonyl (C=O) groups is 2. The first-order valence-corrected chi connectivity index (χ1v) is 9.19. The summed E-state index contributed by atoms with van der Waals surface area (Å²) in [5, 5.41) is 9.30. The highest BCUT2D eigenvalue weighted by Gasteiger charge is 2.40. The second kappa shape index (κ2) is 7.40. The summed E-state index contributed by atoms with van der Waals surface area (Å²) < 4.78 is 37.1. The van der Waals surface area contributed by atoms with Crippen LogP contribution in [0.25, 0.3) is 0 Å². The molecule has 0 unspecified atom stereocenters. The monoisotopic (exact) mass is 371 g/mol. The van der Waals surface area contributed by atoms with E-state index in [0.29, 0.717) is 12.8 Å². The van der Waals surface area contributed by atoms with Crippen LogP contribution in [0.4, 0.5) is 0 Å². The summed E-state index contributed by atoms with van der Waals surface area (Å²) in [6.45, 7) is 1.78. The van der Waals surface area contributed by atoms with Gasteiger partial charge < -0.3 is 14.6 Å². The van der Waals surface area contributed by atoms with Crippen LogP contribution in [0.3, 0.4) is 0 Å². The van der Waals surface area contributed by atoms with E-state index in [0.717, 1.165) is 4.31 Å². The molecule has 9 heteroatoms. The summed E-state index contributed by atoms with van der Waals surface area (Å²) >= 11 is 0. The number of ether oxygens (including phenoxy) is 2. The van der Waals surface area contributed by atoms with Crippen LogP contribution in [0, 0.1) is 5.92 Å². The second-order valence-corrected chi connectivity index (χ2v) is 7.66. The molecule has 2 rings (SSSR count). The minimum atomic E-state index is -4.05. The van der Waals surface area contributed by atoms with Crippen molar-refractivity contribution in [2.45, 2.75) is 30.7 Å². The zero-order valence-corrected chi connectivity index (χ0v) is 15.1. The molecule has 0 bridgehead atoms. The standard InChI is InChI=1S/C16H21NO7S/c1-10-12(15(18)19)5-4-8-17(10)25(21,22)14-9-11(16(20)24-3)6-7-13(14)23-2/h6-7,9-10,12H,4-5,8H2,1-3H3,(H,18,19)/t10-,12-/m0/s1. The van der Waals surface area contributed by atoms with Gasteiger partial charge in [0.2, 0.25) is 10.0 Å². The Bertz CT molecular complexity index is 775. The molecule has 0 aliphatic carbocycles. The fourth-order valence-corrected chi connectivity index (χ4v) is 4.92. The number of benzene rings is 1. The van der Waals surface area contributed by atoms with Gasteiger partial charge in [0.1, 0.15) is 10.6 Å². The number of carboxylic acid groups (broad SMARTS) is 1. The van der Waals surface area contributed by atoms with Gasteiger partial charge in [-0.15, -0.1) is 0 Å². The lowest BCUT2D eigenvalue weighted by molar-refractivity contribution is -0.144. The Kier molecular flexibility index (Phi) is 5.69. The predicted octanol–water partition coefficient (Wildman–Crippen LogP) is 1.36. The van der Waals surface area contributed by atoms with Crippen molar-refractivity contribution in [1.29, 1.82) is 0 Å². The summed E-state index contributed by atoms with van der Waals surface area (Å²) in [6.07, 6.45) is 0.862. The van der Waals surface area contributed by atoms with Crippen LogP contribution >= 0.6 is 0 Å². The van der Waals surface area contributed by atoms with E-state index < -0.39 is 33.9 Å². The largest absolute Gasteiger partial charge is 0.495 e. The van der Waals surface area contributed by atoms with E-state index in [1.54, 1.807) is 6.92 Å². The van der Waals surface area contributed by atoms with E-state index in [2.05, 4.69) is 4.74 Å². The van der Waals surface area contributed by atoms with Gasteiger partial charge in [-0.1, -0.05) is 0 Å². The number of hydrogen-bond acceptors (Lipinski definition) is 6. The van der Waals surface area contributed by atoms with Crippen molar-refractivity contribution in [3.63, 3.8) is 0 Å². The van der Waals surface area contributed by atoms with Crippen molar-refractivity contribution < 1.29 is 32.6 Å². The highest BCUT2D eigenvalue weighted by Crippen LogP contribution is 2.33. The molecule has 1 aliphatic rings. The zero-order valence-electron chi connectivity index (χ0n) is 14.3. The SMILES string of the molecule is COC(=O)c1ccc(OC)c(S(=O)(=O)N2CCC[C@H](C(=O)O)[C@@H]2C)c1. The minimum absolute atomic E-state index is 0.0707. The van der Waals surface area contributed by atoms with Crippen LogP contribution in [0.5, 0.6) is 5.75 Å². The number of sulfonamides is 1. The quantitative estimate of drug-likeness (QED) is 0.778. The van der Waals surface area contributed by atoms with Crippen molar-refractivity contribution in [3.05, 3.63) is 23.8 Å². The number of rotatable bonds is 5. The lowest BCUT2D eigenvalue weighted by Crippen LogP contribution is -2.49. The maximum Gasteiger partial charge on any atom is 0.337 e. The third-order valence-electron chi connectivity index (χ3n) is 4.42. The lowest BCUT2D eigenvalue weighted by atomic mass is 9.92. The number of aliphatic carboxylic acids is 1. The molecule has 1 fully saturated rings. The van der Waals surface area contributed by atoms with Crippen molar-refractivity contribution in [1.82, 2.24) is 4.31 Å².